The average molecular weight is 499 g/mol. The molecule has 0 fully saturated rings. The second-order valence-corrected chi connectivity index (χ2v) is 10.3. The van der Waals surface area contributed by atoms with Gasteiger partial charge in [-0.05, 0) is 17.9 Å². The van der Waals surface area contributed by atoms with Gasteiger partial charge in [0, 0.05) is 11.6 Å². The Morgan fingerprint density at radius 3 is 2.06 bits per heavy atom. The van der Waals surface area contributed by atoms with Crippen molar-refractivity contribution in [2.75, 3.05) is 36.4 Å². The molecule has 2 aromatic heterocycles. The van der Waals surface area contributed by atoms with Crippen molar-refractivity contribution >= 4 is 68.3 Å². The molecule has 0 aliphatic rings. The molecule has 10 nitrogen and oxygen atoms in total. The molecular formula is C17H18N6O4S4. The lowest BCUT2D eigenvalue weighted by Gasteiger charge is -2.07. The Hall–Kier alpha value is -2.42. The highest BCUT2D eigenvalue weighted by Crippen LogP contribution is 2.28. The predicted molar refractivity (Wildman–Crippen MR) is 123 cm³/mol. The van der Waals surface area contributed by atoms with Crippen molar-refractivity contribution in [1.82, 2.24) is 20.4 Å². The number of aromatic nitrogens is 4. The summed E-state index contributed by atoms with van der Waals surface area (Å²) in [6.45, 7) is 2.02. The number of ether oxygens (including phenoxy) is 2. The zero-order valence-corrected chi connectivity index (χ0v) is 20.0. The molecule has 0 saturated carbocycles. The van der Waals surface area contributed by atoms with E-state index in [0.717, 1.165) is 10.1 Å². The molecule has 0 bridgehead atoms. The van der Waals surface area contributed by atoms with Gasteiger partial charge in [-0.15, -0.1) is 20.4 Å². The van der Waals surface area contributed by atoms with Crippen LogP contribution in [0.25, 0.3) is 0 Å². The molecule has 0 aliphatic carbocycles. The summed E-state index contributed by atoms with van der Waals surface area (Å²) in [5.41, 5.74) is 0.359. The van der Waals surface area contributed by atoms with Gasteiger partial charge in [0.1, 0.15) is 11.5 Å². The molecule has 3 rings (SSSR count). The molecule has 164 valence electrons. The van der Waals surface area contributed by atoms with E-state index >= 15 is 0 Å². The predicted octanol–water partition coefficient (Wildman–Crippen LogP) is 3.50. The molecule has 0 aliphatic heterocycles. The van der Waals surface area contributed by atoms with Crippen molar-refractivity contribution in [3.05, 3.63) is 23.8 Å². The first-order valence-corrected chi connectivity index (χ1v) is 12.4. The van der Waals surface area contributed by atoms with E-state index in [1.807, 2.05) is 6.92 Å². The molecule has 0 atom stereocenters. The van der Waals surface area contributed by atoms with Crippen molar-refractivity contribution in [3.63, 3.8) is 0 Å². The number of hydrogen-bond acceptors (Lipinski definition) is 12. The van der Waals surface area contributed by atoms with E-state index in [4.69, 9.17) is 9.47 Å². The molecule has 31 heavy (non-hydrogen) atoms. The number of methoxy groups -OCH3 is 2. The highest BCUT2D eigenvalue weighted by molar-refractivity contribution is 8.01. The van der Waals surface area contributed by atoms with Crippen molar-refractivity contribution in [2.45, 2.75) is 15.6 Å². The van der Waals surface area contributed by atoms with Gasteiger partial charge in [-0.3, -0.25) is 20.2 Å². The summed E-state index contributed by atoms with van der Waals surface area (Å²) in [6.07, 6.45) is 0. The fourth-order valence-electron chi connectivity index (χ4n) is 2.15. The van der Waals surface area contributed by atoms with Crippen LogP contribution in [0.4, 0.5) is 10.3 Å². The van der Waals surface area contributed by atoms with Crippen LogP contribution in [0.15, 0.2) is 26.9 Å². The lowest BCUT2D eigenvalue weighted by Crippen LogP contribution is -2.13. The number of carbonyl (C=O) groups excluding carboxylic acids is 2. The third-order valence-corrected chi connectivity index (χ3v) is 7.31. The SMILES string of the molecule is CCSc1nnc(NC(=O)CSc2nnc(NC(=O)c3cc(OC)cc(OC)c3)s2)s1. The molecule has 0 saturated heterocycles. The van der Waals surface area contributed by atoms with E-state index < -0.39 is 0 Å². The van der Waals surface area contributed by atoms with Gasteiger partial charge in [0.25, 0.3) is 5.91 Å². The Morgan fingerprint density at radius 2 is 1.48 bits per heavy atom. The van der Waals surface area contributed by atoms with Gasteiger partial charge in [0.15, 0.2) is 8.68 Å². The van der Waals surface area contributed by atoms with Crippen LogP contribution in [0, 0.1) is 0 Å². The molecule has 14 heteroatoms. The maximum Gasteiger partial charge on any atom is 0.257 e. The summed E-state index contributed by atoms with van der Waals surface area (Å²) in [6, 6.07) is 4.86. The summed E-state index contributed by atoms with van der Waals surface area (Å²) < 4.78 is 11.7. The lowest BCUT2D eigenvalue weighted by atomic mass is 10.2. The smallest absolute Gasteiger partial charge is 0.257 e. The van der Waals surface area contributed by atoms with Crippen molar-refractivity contribution in [2.24, 2.45) is 0 Å². The fraction of sp³-hybridized carbons (Fsp3) is 0.294. The van der Waals surface area contributed by atoms with Gasteiger partial charge in [-0.25, -0.2) is 0 Å². The van der Waals surface area contributed by atoms with E-state index in [0.29, 0.717) is 31.7 Å². The molecule has 0 unspecified atom stereocenters. The Bertz CT molecular complexity index is 1030. The van der Waals surface area contributed by atoms with Gasteiger partial charge < -0.3 is 9.47 Å². The third-order valence-electron chi connectivity index (χ3n) is 3.49. The van der Waals surface area contributed by atoms with Gasteiger partial charge in [-0.2, -0.15) is 0 Å². The maximum absolute atomic E-state index is 12.5. The Morgan fingerprint density at radius 1 is 0.903 bits per heavy atom. The van der Waals surface area contributed by atoms with E-state index in [1.54, 1.807) is 30.0 Å². The number of anilines is 2. The molecule has 3 aromatic rings. The van der Waals surface area contributed by atoms with Crippen LogP contribution in [-0.2, 0) is 4.79 Å². The molecule has 2 N–H and O–H groups in total. The highest BCUT2D eigenvalue weighted by atomic mass is 32.2. The monoisotopic (exact) mass is 498 g/mol. The van der Waals surface area contributed by atoms with E-state index in [9.17, 15) is 9.59 Å². The number of nitrogens with one attached hydrogen (secondary N) is 2. The minimum absolute atomic E-state index is 0.130. The van der Waals surface area contributed by atoms with E-state index in [-0.39, 0.29) is 17.6 Å². The maximum atomic E-state index is 12.5. The molecule has 0 radical (unpaired) electrons. The zero-order chi connectivity index (χ0) is 22.2. The van der Waals surface area contributed by atoms with Crippen LogP contribution in [0.3, 0.4) is 0 Å². The number of benzene rings is 1. The summed E-state index contributed by atoms with van der Waals surface area (Å²) in [7, 11) is 3.02. The van der Waals surface area contributed by atoms with Crippen molar-refractivity contribution in [1.29, 1.82) is 0 Å². The van der Waals surface area contributed by atoms with Crippen LogP contribution in [0.1, 0.15) is 17.3 Å². The number of amides is 2. The summed E-state index contributed by atoms with van der Waals surface area (Å²) in [5, 5.41) is 22.0. The van der Waals surface area contributed by atoms with Gasteiger partial charge in [0.2, 0.25) is 16.2 Å². The number of rotatable bonds is 10. The first kappa shape index (κ1) is 23.2. The lowest BCUT2D eigenvalue weighted by molar-refractivity contribution is -0.113. The Kier molecular flexibility index (Phi) is 8.45. The Balaban J connectivity index is 1.53. The fourth-order valence-corrected chi connectivity index (χ4v) is 5.36. The largest absolute Gasteiger partial charge is 0.497 e. The van der Waals surface area contributed by atoms with Crippen LogP contribution < -0.4 is 20.1 Å². The normalized spacial score (nSPS) is 10.5. The summed E-state index contributed by atoms with van der Waals surface area (Å²) >= 11 is 5.28. The van der Waals surface area contributed by atoms with Gasteiger partial charge in [-0.1, -0.05) is 53.1 Å². The molecule has 0 spiro atoms. The second-order valence-electron chi connectivity index (χ2n) is 5.57. The summed E-state index contributed by atoms with van der Waals surface area (Å²) in [5.74, 6) is 1.42. The standard InChI is InChI=1S/C17H18N6O4S4/c1-4-28-16-22-20-14(30-16)18-12(24)8-29-17-23-21-15(31-17)19-13(25)9-5-10(26-2)7-11(6-9)27-3/h5-7H,4,8H2,1-3H3,(H,18,20,24)(H,19,21,25). The third kappa shape index (κ3) is 6.78. The Labute approximate surface area is 194 Å². The number of nitrogens with zero attached hydrogens (tertiary/aromatic N) is 4. The number of carbonyl (C=O) groups is 2. The molecular weight excluding hydrogens is 480 g/mol. The molecule has 2 heterocycles. The minimum Gasteiger partial charge on any atom is -0.497 e. The van der Waals surface area contributed by atoms with Crippen LogP contribution in [0.2, 0.25) is 0 Å². The number of thioether (sulfide) groups is 2. The zero-order valence-electron chi connectivity index (χ0n) is 16.7. The highest BCUT2D eigenvalue weighted by Gasteiger charge is 2.15. The first-order chi connectivity index (χ1) is 15.0. The number of hydrogen-bond donors (Lipinski definition) is 2. The average Bonchev–Trinajstić information content (AvgIpc) is 3.41. The second kappa shape index (κ2) is 11.3. The van der Waals surface area contributed by atoms with Crippen molar-refractivity contribution in [3.8, 4) is 11.5 Å². The first-order valence-electron chi connectivity index (χ1n) is 8.77. The van der Waals surface area contributed by atoms with Gasteiger partial charge in [0.05, 0.1) is 20.0 Å². The van der Waals surface area contributed by atoms with Crippen LogP contribution in [0.5, 0.6) is 11.5 Å². The van der Waals surface area contributed by atoms with Crippen LogP contribution in [-0.4, -0.2) is 57.9 Å². The topological polar surface area (TPSA) is 128 Å². The van der Waals surface area contributed by atoms with Crippen molar-refractivity contribution < 1.29 is 19.1 Å². The van der Waals surface area contributed by atoms with Gasteiger partial charge >= 0.3 is 0 Å². The van der Waals surface area contributed by atoms with E-state index in [2.05, 4.69) is 31.0 Å². The van der Waals surface area contributed by atoms with E-state index in [1.165, 1.54) is 48.7 Å². The molecule has 1 aromatic carbocycles. The molecule has 2 amide bonds. The minimum atomic E-state index is -0.375. The quantitative estimate of drug-likeness (QED) is 0.316. The summed E-state index contributed by atoms with van der Waals surface area (Å²) in [4.78, 5) is 24.6. The van der Waals surface area contributed by atoms with Crippen LogP contribution >= 0.6 is 46.2 Å².